The number of hydrogen-bond donors (Lipinski definition) is 2. The summed E-state index contributed by atoms with van der Waals surface area (Å²) in [5.74, 6) is 1.68. The van der Waals surface area contributed by atoms with Gasteiger partial charge in [-0.3, -0.25) is 4.90 Å². The fraction of sp³-hybridized carbons (Fsp3) is 0.625. The first-order valence-electron chi connectivity index (χ1n) is 7.55. The molecule has 3 N–H and O–H groups in total. The van der Waals surface area contributed by atoms with Gasteiger partial charge in [0.15, 0.2) is 0 Å². The van der Waals surface area contributed by atoms with E-state index in [0.717, 1.165) is 43.9 Å². The molecule has 0 radical (unpaired) electrons. The Morgan fingerprint density at radius 3 is 2.67 bits per heavy atom. The molecule has 21 heavy (non-hydrogen) atoms. The lowest BCUT2D eigenvalue weighted by Crippen LogP contribution is -2.29. The maximum Gasteiger partial charge on any atom is 0.127 e. The Morgan fingerprint density at radius 1 is 1.24 bits per heavy atom. The Morgan fingerprint density at radius 2 is 2.05 bits per heavy atom. The Balaban J connectivity index is 2.15. The van der Waals surface area contributed by atoms with E-state index in [1.165, 1.54) is 11.1 Å². The van der Waals surface area contributed by atoms with Gasteiger partial charge in [-0.15, -0.1) is 0 Å². The van der Waals surface area contributed by atoms with Crippen LogP contribution in [0.25, 0.3) is 0 Å². The molecule has 1 heterocycles. The first kappa shape index (κ1) is 16.1. The van der Waals surface area contributed by atoms with Crippen LogP contribution in [-0.2, 0) is 6.54 Å². The molecule has 5 nitrogen and oxygen atoms in total. The van der Waals surface area contributed by atoms with Crippen LogP contribution in [0.4, 0.5) is 0 Å². The Hall–Kier alpha value is -1.30. The van der Waals surface area contributed by atoms with E-state index in [2.05, 4.69) is 11.0 Å². The summed E-state index contributed by atoms with van der Waals surface area (Å²) >= 11 is 0. The van der Waals surface area contributed by atoms with Gasteiger partial charge in [-0.25, -0.2) is 0 Å². The molecule has 1 aromatic rings. The zero-order chi connectivity index (χ0) is 15.2. The first-order valence-corrected chi connectivity index (χ1v) is 7.55. The van der Waals surface area contributed by atoms with Crippen molar-refractivity contribution in [2.45, 2.75) is 31.8 Å². The SMILES string of the molecule is COc1cc2c(c(OC)c1)C(CN)N(CCCCCO)C2. The zero-order valence-electron chi connectivity index (χ0n) is 13.0. The van der Waals surface area contributed by atoms with Crippen LogP contribution in [0.2, 0.25) is 0 Å². The van der Waals surface area contributed by atoms with Gasteiger partial charge >= 0.3 is 0 Å². The van der Waals surface area contributed by atoms with Crippen LogP contribution >= 0.6 is 0 Å². The molecule has 1 aromatic carbocycles. The average Bonchev–Trinajstić information content (AvgIpc) is 2.87. The predicted octanol–water partition coefficient (Wildman–Crippen LogP) is 1.68. The minimum atomic E-state index is 0.204. The van der Waals surface area contributed by atoms with Gasteiger partial charge in [-0.1, -0.05) is 0 Å². The third-order valence-corrected chi connectivity index (χ3v) is 4.13. The fourth-order valence-electron chi connectivity index (χ4n) is 3.07. The first-order chi connectivity index (χ1) is 10.2. The van der Waals surface area contributed by atoms with Crippen molar-refractivity contribution in [1.29, 1.82) is 0 Å². The molecule has 0 saturated heterocycles. The number of hydrogen-bond acceptors (Lipinski definition) is 5. The average molecular weight is 294 g/mol. The third-order valence-electron chi connectivity index (χ3n) is 4.13. The van der Waals surface area contributed by atoms with E-state index in [4.69, 9.17) is 20.3 Å². The predicted molar refractivity (Wildman–Crippen MR) is 82.7 cm³/mol. The van der Waals surface area contributed by atoms with Gasteiger partial charge in [0, 0.05) is 31.3 Å². The molecular formula is C16H26N2O3. The summed E-state index contributed by atoms with van der Waals surface area (Å²) in [5, 5.41) is 8.86. The maximum atomic E-state index is 8.86. The fourth-order valence-corrected chi connectivity index (χ4v) is 3.07. The van der Waals surface area contributed by atoms with E-state index in [1.54, 1.807) is 14.2 Å². The van der Waals surface area contributed by atoms with Gasteiger partial charge in [0.1, 0.15) is 11.5 Å². The molecule has 118 valence electrons. The lowest BCUT2D eigenvalue weighted by Gasteiger charge is -2.24. The molecule has 2 rings (SSSR count). The molecule has 0 amide bonds. The third kappa shape index (κ3) is 3.48. The van der Waals surface area contributed by atoms with Gasteiger partial charge in [0.2, 0.25) is 0 Å². The molecule has 0 fully saturated rings. The number of aliphatic hydroxyl groups excluding tert-OH is 1. The summed E-state index contributed by atoms with van der Waals surface area (Å²) in [7, 11) is 3.36. The second-order valence-corrected chi connectivity index (χ2v) is 5.41. The van der Waals surface area contributed by atoms with E-state index in [1.807, 2.05) is 6.07 Å². The normalized spacial score (nSPS) is 17.8. The Labute approximate surface area is 126 Å². The number of fused-ring (bicyclic) bond motifs is 1. The molecule has 1 aliphatic rings. The molecule has 0 aromatic heterocycles. The second-order valence-electron chi connectivity index (χ2n) is 5.41. The lowest BCUT2D eigenvalue weighted by atomic mass is 10.0. The van der Waals surface area contributed by atoms with Gasteiger partial charge < -0.3 is 20.3 Å². The number of nitrogens with zero attached hydrogens (tertiary/aromatic N) is 1. The molecule has 0 aliphatic carbocycles. The number of ether oxygens (including phenoxy) is 2. The van der Waals surface area contributed by atoms with Crippen molar-refractivity contribution in [3.05, 3.63) is 23.3 Å². The minimum absolute atomic E-state index is 0.204. The summed E-state index contributed by atoms with van der Waals surface area (Å²) in [6, 6.07) is 4.21. The van der Waals surface area contributed by atoms with Crippen LogP contribution < -0.4 is 15.2 Å². The van der Waals surface area contributed by atoms with Gasteiger partial charge in [0.05, 0.1) is 20.3 Å². The summed E-state index contributed by atoms with van der Waals surface area (Å²) in [6.45, 7) is 2.72. The summed E-state index contributed by atoms with van der Waals surface area (Å²) in [4.78, 5) is 2.39. The van der Waals surface area contributed by atoms with E-state index in [9.17, 15) is 0 Å². The molecule has 0 saturated carbocycles. The van der Waals surface area contributed by atoms with Crippen molar-refractivity contribution < 1.29 is 14.6 Å². The monoisotopic (exact) mass is 294 g/mol. The van der Waals surface area contributed by atoms with Crippen LogP contribution in [0.15, 0.2) is 12.1 Å². The number of nitrogens with two attached hydrogens (primary N) is 1. The molecule has 0 bridgehead atoms. The lowest BCUT2D eigenvalue weighted by molar-refractivity contribution is 0.208. The number of methoxy groups -OCH3 is 2. The number of aliphatic hydroxyl groups is 1. The van der Waals surface area contributed by atoms with Crippen molar-refractivity contribution in [1.82, 2.24) is 4.90 Å². The highest BCUT2D eigenvalue weighted by Crippen LogP contribution is 2.41. The minimum Gasteiger partial charge on any atom is -0.497 e. The Bertz CT molecular complexity index is 465. The topological polar surface area (TPSA) is 68.0 Å². The van der Waals surface area contributed by atoms with Crippen molar-refractivity contribution >= 4 is 0 Å². The largest absolute Gasteiger partial charge is 0.497 e. The summed E-state index contributed by atoms with van der Waals surface area (Å²) < 4.78 is 10.9. The van der Waals surface area contributed by atoms with Crippen LogP contribution in [-0.4, -0.2) is 43.9 Å². The highest BCUT2D eigenvalue weighted by molar-refractivity contribution is 5.50. The summed E-state index contributed by atoms with van der Waals surface area (Å²) in [5.41, 5.74) is 8.43. The van der Waals surface area contributed by atoms with E-state index >= 15 is 0 Å². The molecule has 5 heteroatoms. The number of benzene rings is 1. The second kappa shape index (κ2) is 7.64. The van der Waals surface area contributed by atoms with Crippen molar-refractivity contribution in [3.63, 3.8) is 0 Å². The van der Waals surface area contributed by atoms with Crippen LogP contribution in [0, 0.1) is 0 Å². The highest BCUT2D eigenvalue weighted by Gasteiger charge is 2.32. The van der Waals surface area contributed by atoms with Crippen LogP contribution in [0.3, 0.4) is 0 Å². The Kier molecular flexibility index (Phi) is 5.85. The van der Waals surface area contributed by atoms with E-state index in [-0.39, 0.29) is 12.6 Å². The maximum absolute atomic E-state index is 8.86. The molecule has 0 spiro atoms. The highest BCUT2D eigenvalue weighted by atomic mass is 16.5. The van der Waals surface area contributed by atoms with E-state index < -0.39 is 0 Å². The molecule has 1 unspecified atom stereocenters. The van der Waals surface area contributed by atoms with Crippen LogP contribution in [0.5, 0.6) is 11.5 Å². The molecular weight excluding hydrogens is 268 g/mol. The van der Waals surface area contributed by atoms with Crippen LogP contribution in [0.1, 0.15) is 36.4 Å². The van der Waals surface area contributed by atoms with E-state index in [0.29, 0.717) is 6.54 Å². The van der Waals surface area contributed by atoms with Crippen molar-refractivity contribution in [2.24, 2.45) is 5.73 Å². The summed E-state index contributed by atoms with van der Waals surface area (Å²) in [6.07, 6.45) is 2.98. The standard InChI is InChI=1S/C16H26N2O3/c1-20-13-8-12-11-18(6-4-3-5-7-19)14(10-17)16(12)15(9-13)21-2/h8-9,14,19H,3-7,10-11,17H2,1-2H3. The van der Waals surface area contributed by atoms with Gasteiger partial charge in [-0.05, 0) is 37.4 Å². The molecule has 1 atom stereocenters. The molecule has 1 aliphatic heterocycles. The van der Waals surface area contributed by atoms with Gasteiger partial charge in [-0.2, -0.15) is 0 Å². The van der Waals surface area contributed by atoms with Crippen molar-refractivity contribution in [2.75, 3.05) is 33.9 Å². The van der Waals surface area contributed by atoms with Gasteiger partial charge in [0.25, 0.3) is 0 Å². The zero-order valence-corrected chi connectivity index (χ0v) is 13.0. The quantitative estimate of drug-likeness (QED) is 0.714. The van der Waals surface area contributed by atoms with Crippen molar-refractivity contribution in [3.8, 4) is 11.5 Å². The number of rotatable bonds is 8. The smallest absolute Gasteiger partial charge is 0.127 e. The number of unbranched alkanes of at least 4 members (excludes halogenated alkanes) is 2.